The lowest BCUT2D eigenvalue weighted by Gasteiger charge is -2.08. The molecule has 0 saturated heterocycles. The molecule has 0 bridgehead atoms. The zero-order chi connectivity index (χ0) is 17.7. The summed E-state index contributed by atoms with van der Waals surface area (Å²) >= 11 is 0. The van der Waals surface area contributed by atoms with Crippen molar-refractivity contribution in [1.29, 1.82) is 0 Å². The third-order valence-corrected chi connectivity index (χ3v) is 4.57. The van der Waals surface area contributed by atoms with Crippen molar-refractivity contribution in [3.8, 4) is 0 Å². The van der Waals surface area contributed by atoms with Gasteiger partial charge < -0.3 is 5.32 Å². The molecule has 0 unspecified atom stereocenters. The lowest BCUT2D eigenvalue weighted by atomic mass is 10.3. The van der Waals surface area contributed by atoms with Gasteiger partial charge in [0.15, 0.2) is 11.6 Å². The average Bonchev–Trinajstić information content (AvgIpc) is 2.52. The largest absolute Gasteiger partial charge is 0.310 e. The first-order valence-corrected chi connectivity index (χ1v) is 8.44. The van der Waals surface area contributed by atoms with E-state index in [0.29, 0.717) is 11.9 Å². The topological polar surface area (TPSA) is 88.2 Å². The van der Waals surface area contributed by atoms with Crippen LogP contribution < -0.4 is 10.0 Å². The number of benzene rings is 1. The van der Waals surface area contributed by atoms with E-state index in [-0.39, 0.29) is 13.0 Å². The summed E-state index contributed by atoms with van der Waals surface area (Å²) in [7, 11) is -4.03. The standard InChI is InChI=1S/C15H15F2N3O3S/c1-10-3-2-7-18-15(10)20-14(21)6-8-19-24(22,23)11-4-5-12(16)13(17)9-11/h2-5,7,9,19H,6,8H2,1H3,(H,18,20,21). The number of nitrogens with zero attached hydrogens (tertiary/aromatic N) is 1. The molecule has 1 aromatic carbocycles. The van der Waals surface area contributed by atoms with Crippen LogP contribution in [0, 0.1) is 18.6 Å². The second-order valence-corrected chi connectivity index (χ2v) is 6.71. The summed E-state index contributed by atoms with van der Waals surface area (Å²) in [6.45, 7) is 1.58. The Kier molecular flexibility index (Phi) is 5.58. The number of hydrogen-bond donors (Lipinski definition) is 2. The van der Waals surface area contributed by atoms with Gasteiger partial charge in [-0.25, -0.2) is 26.9 Å². The predicted octanol–water partition coefficient (Wildman–Crippen LogP) is 1.98. The van der Waals surface area contributed by atoms with Crippen molar-refractivity contribution < 1.29 is 22.0 Å². The van der Waals surface area contributed by atoms with Crippen LogP contribution in [0.1, 0.15) is 12.0 Å². The van der Waals surface area contributed by atoms with Gasteiger partial charge in [-0.05, 0) is 36.8 Å². The Hall–Kier alpha value is -2.39. The van der Waals surface area contributed by atoms with Gasteiger partial charge in [-0.2, -0.15) is 0 Å². The molecule has 6 nitrogen and oxygen atoms in total. The highest BCUT2D eigenvalue weighted by molar-refractivity contribution is 7.89. The summed E-state index contributed by atoms with van der Waals surface area (Å²) in [5.74, 6) is -2.43. The number of sulfonamides is 1. The molecule has 0 atom stereocenters. The summed E-state index contributed by atoms with van der Waals surface area (Å²) < 4.78 is 52.0. The summed E-state index contributed by atoms with van der Waals surface area (Å²) in [6, 6.07) is 5.74. The Bertz CT molecular complexity index is 857. The van der Waals surface area contributed by atoms with Crippen molar-refractivity contribution >= 4 is 21.7 Å². The van der Waals surface area contributed by atoms with Crippen LogP contribution in [0.25, 0.3) is 0 Å². The maximum atomic E-state index is 13.1. The number of rotatable bonds is 6. The number of aromatic nitrogens is 1. The molecule has 1 heterocycles. The van der Waals surface area contributed by atoms with Gasteiger partial charge in [-0.3, -0.25) is 4.79 Å². The third-order valence-electron chi connectivity index (χ3n) is 3.11. The minimum Gasteiger partial charge on any atom is -0.310 e. The van der Waals surface area contributed by atoms with Crippen molar-refractivity contribution in [2.45, 2.75) is 18.2 Å². The van der Waals surface area contributed by atoms with Gasteiger partial charge in [0, 0.05) is 19.2 Å². The van der Waals surface area contributed by atoms with E-state index in [0.717, 1.165) is 17.7 Å². The molecule has 1 amide bonds. The number of halogens is 2. The third kappa shape index (κ3) is 4.56. The smallest absolute Gasteiger partial charge is 0.240 e. The van der Waals surface area contributed by atoms with Gasteiger partial charge >= 0.3 is 0 Å². The molecular formula is C15H15F2N3O3S. The van der Waals surface area contributed by atoms with Crippen LogP contribution in [0.5, 0.6) is 0 Å². The molecule has 128 valence electrons. The Morgan fingerprint density at radius 1 is 1.21 bits per heavy atom. The molecule has 2 aromatic rings. The van der Waals surface area contributed by atoms with Crippen molar-refractivity contribution in [3.63, 3.8) is 0 Å². The highest BCUT2D eigenvalue weighted by atomic mass is 32.2. The number of anilines is 1. The molecule has 0 aliphatic heterocycles. The minimum absolute atomic E-state index is 0.140. The fourth-order valence-corrected chi connectivity index (χ4v) is 2.88. The van der Waals surface area contributed by atoms with E-state index in [1.54, 1.807) is 19.1 Å². The van der Waals surface area contributed by atoms with Crippen molar-refractivity contribution in [2.75, 3.05) is 11.9 Å². The quantitative estimate of drug-likeness (QED) is 0.829. The van der Waals surface area contributed by atoms with E-state index in [1.807, 2.05) is 0 Å². The molecule has 1 aromatic heterocycles. The van der Waals surface area contributed by atoms with Crippen molar-refractivity contribution in [3.05, 3.63) is 53.7 Å². The van der Waals surface area contributed by atoms with E-state index < -0.39 is 32.5 Å². The average molecular weight is 355 g/mol. The van der Waals surface area contributed by atoms with E-state index in [9.17, 15) is 22.0 Å². The Morgan fingerprint density at radius 2 is 1.96 bits per heavy atom. The number of nitrogens with one attached hydrogen (secondary N) is 2. The molecule has 2 rings (SSSR count). The van der Waals surface area contributed by atoms with Crippen molar-refractivity contribution in [2.24, 2.45) is 0 Å². The molecule has 9 heteroatoms. The normalized spacial score (nSPS) is 11.3. The first kappa shape index (κ1) is 18.0. The lowest BCUT2D eigenvalue weighted by Crippen LogP contribution is -2.28. The second kappa shape index (κ2) is 7.45. The molecule has 2 N–H and O–H groups in total. The van der Waals surface area contributed by atoms with Crippen LogP contribution in [0.15, 0.2) is 41.4 Å². The fourth-order valence-electron chi connectivity index (χ4n) is 1.84. The van der Waals surface area contributed by atoms with Gasteiger partial charge in [-0.15, -0.1) is 0 Å². The highest BCUT2D eigenvalue weighted by Crippen LogP contribution is 2.13. The van der Waals surface area contributed by atoms with E-state index in [2.05, 4.69) is 15.0 Å². The highest BCUT2D eigenvalue weighted by Gasteiger charge is 2.16. The molecule has 0 radical (unpaired) electrons. The first-order chi connectivity index (χ1) is 11.3. The minimum atomic E-state index is -4.03. The summed E-state index contributed by atoms with van der Waals surface area (Å²) in [5, 5.41) is 2.56. The number of hydrogen-bond acceptors (Lipinski definition) is 4. The monoisotopic (exact) mass is 355 g/mol. The number of carbonyl (C=O) groups is 1. The van der Waals surface area contributed by atoms with Gasteiger partial charge in [0.1, 0.15) is 5.82 Å². The Balaban J connectivity index is 1.92. The maximum Gasteiger partial charge on any atom is 0.240 e. The Morgan fingerprint density at radius 3 is 2.62 bits per heavy atom. The van der Waals surface area contributed by atoms with E-state index >= 15 is 0 Å². The van der Waals surface area contributed by atoms with Crippen LogP contribution in [0.2, 0.25) is 0 Å². The molecule has 0 aliphatic rings. The maximum absolute atomic E-state index is 13.1. The van der Waals surface area contributed by atoms with Crippen LogP contribution in [-0.4, -0.2) is 25.9 Å². The van der Waals surface area contributed by atoms with Crippen molar-refractivity contribution in [1.82, 2.24) is 9.71 Å². The van der Waals surface area contributed by atoms with Gasteiger partial charge in [0.25, 0.3) is 0 Å². The summed E-state index contributed by atoms with van der Waals surface area (Å²) in [4.78, 5) is 15.4. The zero-order valence-corrected chi connectivity index (χ0v) is 13.5. The number of carbonyl (C=O) groups excluding carboxylic acids is 1. The molecule has 24 heavy (non-hydrogen) atoms. The molecule has 0 saturated carbocycles. The first-order valence-electron chi connectivity index (χ1n) is 6.96. The predicted molar refractivity (Wildman–Crippen MR) is 83.8 cm³/mol. The fraction of sp³-hybridized carbons (Fsp3) is 0.200. The van der Waals surface area contributed by atoms with Crippen LogP contribution in [-0.2, 0) is 14.8 Å². The number of amides is 1. The van der Waals surface area contributed by atoms with Crippen LogP contribution in [0.4, 0.5) is 14.6 Å². The summed E-state index contributed by atoms with van der Waals surface area (Å²) in [6.07, 6.45) is 1.38. The molecule has 0 fully saturated rings. The second-order valence-electron chi connectivity index (χ2n) is 4.94. The molecular weight excluding hydrogens is 340 g/mol. The van der Waals surface area contributed by atoms with E-state index in [1.165, 1.54) is 6.20 Å². The molecule has 0 spiro atoms. The summed E-state index contributed by atoms with van der Waals surface area (Å²) in [5.41, 5.74) is 0.771. The van der Waals surface area contributed by atoms with Crippen LogP contribution >= 0.6 is 0 Å². The zero-order valence-electron chi connectivity index (χ0n) is 12.7. The number of aryl methyl sites for hydroxylation is 1. The Labute approximate surface area is 138 Å². The number of pyridine rings is 1. The SMILES string of the molecule is Cc1cccnc1NC(=O)CCNS(=O)(=O)c1ccc(F)c(F)c1. The molecule has 0 aliphatic carbocycles. The van der Waals surface area contributed by atoms with Gasteiger partial charge in [0.05, 0.1) is 4.90 Å². The van der Waals surface area contributed by atoms with Crippen LogP contribution in [0.3, 0.4) is 0 Å². The lowest BCUT2D eigenvalue weighted by molar-refractivity contribution is -0.116. The van der Waals surface area contributed by atoms with Gasteiger partial charge in [-0.1, -0.05) is 6.07 Å². The van der Waals surface area contributed by atoms with Gasteiger partial charge in [0.2, 0.25) is 15.9 Å². The van der Waals surface area contributed by atoms with E-state index in [4.69, 9.17) is 0 Å².